The molecule has 0 bridgehead atoms. The number of benzene rings is 1. The van der Waals surface area contributed by atoms with E-state index >= 15 is 0 Å². The summed E-state index contributed by atoms with van der Waals surface area (Å²) in [5, 5.41) is 2.67. The largest absolute Gasteiger partial charge is 0.454 e. The highest BCUT2D eigenvalue weighted by molar-refractivity contribution is 6.08. The van der Waals surface area contributed by atoms with Gasteiger partial charge in [0.2, 0.25) is 11.8 Å². The Morgan fingerprint density at radius 2 is 1.71 bits per heavy atom. The number of hydrogen-bond acceptors (Lipinski definition) is 5. The van der Waals surface area contributed by atoms with Crippen molar-refractivity contribution in [2.45, 2.75) is 52.5 Å². The van der Waals surface area contributed by atoms with Crippen LogP contribution in [0.1, 0.15) is 43.7 Å². The summed E-state index contributed by atoms with van der Waals surface area (Å²) in [5.74, 6) is -2.45. The number of anilines is 1. The third kappa shape index (κ3) is 3.93. The SMILES string of the molecule is Cc1ccc(NC(=O)COC(=O)[C@H](C)N2C(=O)[C@H]3CCCC[C@@H]3C2=O)cc1C. The smallest absolute Gasteiger partial charge is 0.329 e. The Morgan fingerprint density at radius 3 is 2.29 bits per heavy atom. The van der Waals surface area contributed by atoms with Gasteiger partial charge in [-0.25, -0.2) is 4.79 Å². The molecule has 0 unspecified atom stereocenters. The van der Waals surface area contributed by atoms with Crippen LogP contribution in [0, 0.1) is 25.7 Å². The van der Waals surface area contributed by atoms with Crippen molar-refractivity contribution in [3.8, 4) is 0 Å². The van der Waals surface area contributed by atoms with Crippen LogP contribution in [0.2, 0.25) is 0 Å². The lowest BCUT2D eigenvalue weighted by Crippen LogP contribution is -2.45. The number of nitrogens with one attached hydrogen (secondary N) is 1. The summed E-state index contributed by atoms with van der Waals surface area (Å²) < 4.78 is 5.06. The average molecular weight is 386 g/mol. The molecule has 2 aliphatic rings. The Morgan fingerprint density at radius 1 is 1.11 bits per heavy atom. The molecular weight excluding hydrogens is 360 g/mol. The fourth-order valence-corrected chi connectivity index (χ4v) is 3.95. The highest BCUT2D eigenvalue weighted by Crippen LogP contribution is 2.38. The number of amides is 3. The van der Waals surface area contributed by atoms with E-state index in [9.17, 15) is 19.2 Å². The zero-order chi connectivity index (χ0) is 20.4. The van der Waals surface area contributed by atoms with Crippen molar-refractivity contribution >= 4 is 29.4 Å². The van der Waals surface area contributed by atoms with Crippen LogP contribution in [0.4, 0.5) is 5.69 Å². The van der Waals surface area contributed by atoms with Crippen LogP contribution in [-0.2, 0) is 23.9 Å². The molecule has 0 radical (unpaired) electrons. The van der Waals surface area contributed by atoms with Crippen molar-refractivity contribution in [1.29, 1.82) is 0 Å². The van der Waals surface area contributed by atoms with Crippen LogP contribution < -0.4 is 5.32 Å². The lowest BCUT2D eigenvalue weighted by molar-refractivity contribution is -0.159. The van der Waals surface area contributed by atoms with Gasteiger partial charge in [-0.2, -0.15) is 0 Å². The van der Waals surface area contributed by atoms with Crippen molar-refractivity contribution in [1.82, 2.24) is 4.90 Å². The number of fused-ring (bicyclic) bond motifs is 1. The van der Waals surface area contributed by atoms with Gasteiger partial charge >= 0.3 is 5.97 Å². The number of aryl methyl sites for hydroxylation is 2. The summed E-state index contributed by atoms with van der Waals surface area (Å²) >= 11 is 0. The number of hydrogen-bond donors (Lipinski definition) is 1. The first-order chi connectivity index (χ1) is 13.3. The summed E-state index contributed by atoms with van der Waals surface area (Å²) in [4.78, 5) is 50.5. The minimum Gasteiger partial charge on any atom is -0.454 e. The molecular formula is C21H26N2O5. The lowest BCUT2D eigenvalue weighted by atomic mass is 9.81. The molecule has 150 valence electrons. The summed E-state index contributed by atoms with van der Waals surface area (Å²) in [6.45, 7) is 4.91. The van der Waals surface area contributed by atoms with Gasteiger partial charge in [0, 0.05) is 5.69 Å². The number of carbonyl (C=O) groups is 4. The van der Waals surface area contributed by atoms with Crippen LogP contribution in [0.5, 0.6) is 0 Å². The van der Waals surface area contributed by atoms with E-state index in [4.69, 9.17) is 4.74 Å². The first-order valence-corrected chi connectivity index (χ1v) is 9.70. The van der Waals surface area contributed by atoms with Gasteiger partial charge in [0.15, 0.2) is 6.61 Å². The monoisotopic (exact) mass is 386 g/mol. The van der Waals surface area contributed by atoms with Crippen LogP contribution in [0.25, 0.3) is 0 Å². The number of imide groups is 1. The predicted octanol–water partition coefficient (Wildman–Crippen LogP) is 2.35. The van der Waals surface area contributed by atoms with E-state index in [2.05, 4.69) is 5.32 Å². The molecule has 3 amide bonds. The molecule has 1 saturated heterocycles. The Kier molecular flexibility index (Phi) is 5.82. The van der Waals surface area contributed by atoms with E-state index in [-0.39, 0.29) is 23.7 Å². The van der Waals surface area contributed by atoms with E-state index in [1.165, 1.54) is 6.92 Å². The second-order valence-electron chi connectivity index (χ2n) is 7.67. The van der Waals surface area contributed by atoms with Crippen LogP contribution >= 0.6 is 0 Å². The summed E-state index contributed by atoms with van der Waals surface area (Å²) in [6.07, 6.45) is 3.22. The van der Waals surface area contributed by atoms with Crippen molar-refractivity contribution in [3.05, 3.63) is 29.3 Å². The highest BCUT2D eigenvalue weighted by atomic mass is 16.5. The maximum Gasteiger partial charge on any atom is 0.329 e. The van der Waals surface area contributed by atoms with Crippen LogP contribution in [0.15, 0.2) is 18.2 Å². The van der Waals surface area contributed by atoms with Crippen molar-refractivity contribution in [2.75, 3.05) is 11.9 Å². The van der Waals surface area contributed by atoms with Gasteiger partial charge in [-0.1, -0.05) is 18.9 Å². The minimum absolute atomic E-state index is 0.293. The van der Waals surface area contributed by atoms with E-state index in [1.54, 1.807) is 6.07 Å². The quantitative estimate of drug-likeness (QED) is 0.619. The molecule has 7 heteroatoms. The van der Waals surface area contributed by atoms with Gasteiger partial charge in [0.1, 0.15) is 6.04 Å². The predicted molar refractivity (Wildman–Crippen MR) is 102 cm³/mol. The van der Waals surface area contributed by atoms with Crippen molar-refractivity contribution in [2.24, 2.45) is 11.8 Å². The lowest BCUT2D eigenvalue weighted by Gasteiger charge is -2.21. The minimum atomic E-state index is -1.03. The van der Waals surface area contributed by atoms with Crippen LogP contribution in [-0.4, -0.2) is 41.2 Å². The van der Waals surface area contributed by atoms with E-state index in [0.29, 0.717) is 18.5 Å². The number of esters is 1. The molecule has 1 aliphatic heterocycles. The Hall–Kier alpha value is -2.70. The second-order valence-corrected chi connectivity index (χ2v) is 7.67. The topological polar surface area (TPSA) is 92.8 Å². The summed E-state index contributed by atoms with van der Waals surface area (Å²) in [7, 11) is 0. The molecule has 1 N–H and O–H groups in total. The normalized spacial score (nSPS) is 22.6. The van der Waals surface area contributed by atoms with Gasteiger partial charge in [0.25, 0.3) is 5.91 Å². The van der Waals surface area contributed by atoms with E-state index < -0.39 is 24.5 Å². The molecule has 1 aromatic rings. The van der Waals surface area contributed by atoms with Gasteiger partial charge in [0.05, 0.1) is 11.8 Å². The van der Waals surface area contributed by atoms with E-state index in [1.807, 2.05) is 26.0 Å². The molecule has 1 heterocycles. The highest BCUT2D eigenvalue weighted by Gasteiger charge is 2.51. The number of ether oxygens (including phenoxy) is 1. The zero-order valence-electron chi connectivity index (χ0n) is 16.5. The summed E-state index contributed by atoms with van der Waals surface area (Å²) in [6, 6.07) is 4.47. The Labute approximate surface area is 164 Å². The molecule has 3 atom stereocenters. The fourth-order valence-electron chi connectivity index (χ4n) is 3.95. The molecule has 1 aliphatic carbocycles. The third-order valence-electron chi connectivity index (χ3n) is 5.74. The number of carbonyl (C=O) groups excluding carboxylic acids is 4. The number of rotatable bonds is 5. The van der Waals surface area contributed by atoms with Crippen molar-refractivity contribution < 1.29 is 23.9 Å². The Balaban J connectivity index is 1.55. The molecule has 1 saturated carbocycles. The maximum absolute atomic E-state index is 12.6. The molecule has 28 heavy (non-hydrogen) atoms. The first kappa shape index (κ1) is 20.0. The molecule has 0 aromatic heterocycles. The average Bonchev–Trinajstić information content (AvgIpc) is 2.93. The third-order valence-corrected chi connectivity index (χ3v) is 5.74. The van der Waals surface area contributed by atoms with Gasteiger partial charge in [-0.15, -0.1) is 0 Å². The molecule has 3 rings (SSSR count). The van der Waals surface area contributed by atoms with Crippen molar-refractivity contribution in [3.63, 3.8) is 0 Å². The van der Waals surface area contributed by atoms with Gasteiger partial charge < -0.3 is 10.1 Å². The standard InChI is InChI=1S/C21H26N2O5/c1-12-8-9-15(10-13(12)2)22-18(24)11-28-21(27)14(3)23-19(25)16-6-4-5-7-17(16)20(23)26/h8-10,14,16-17H,4-7,11H2,1-3H3,(H,22,24)/t14-,16-,17-/m0/s1. The molecule has 2 fully saturated rings. The number of nitrogens with zero attached hydrogens (tertiary/aromatic N) is 1. The second kappa shape index (κ2) is 8.12. The van der Waals surface area contributed by atoms with Gasteiger partial charge in [-0.05, 0) is 56.9 Å². The van der Waals surface area contributed by atoms with E-state index in [0.717, 1.165) is 28.9 Å². The first-order valence-electron chi connectivity index (χ1n) is 9.70. The number of likely N-dealkylation sites (tertiary alicyclic amines) is 1. The maximum atomic E-state index is 12.6. The fraction of sp³-hybridized carbons (Fsp3) is 0.524. The van der Waals surface area contributed by atoms with Gasteiger partial charge in [-0.3, -0.25) is 19.3 Å². The zero-order valence-corrected chi connectivity index (χ0v) is 16.5. The van der Waals surface area contributed by atoms with Crippen LogP contribution in [0.3, 0.4) is 0 Å². The molecule has 1 aromatic carbocycles. The Bertz CT molecular complexity index is 795. The molecule has 0 spiro atoms. The summed E-state index contributed by atoms with van der Waals surface area (Å²) in [5.41, 5.74) is 2.76. The molecule has 7 nitrogen and oxygen atoms in total.